The molecule has 4 rings (SSSR count). The number of aromatic nitrogens is 4. The van der Waals surface area contributed by atoms with E-state index in [0.717, 1.165) is 11.3 Å². The van der Waals surface area contributed by atoms with E-state index < -0.39 is 17.6 Å². The summed E-state index contributed by atoms with van der Waals surface area (Å²) >= 11 is 0. The maximum atomic E-state index is 15.0. The number of methoxy groups -OCH3 is 2. The van der Waals surface area contributed by atoms with Gasteiger partial charge in [-0.15, -0.1) is 0 Å². The number of hydrogen-bond donors (Lipinski definition) is 2. The van der Waals surface area contributed by atoms with Gasteiger partial charge in [0.15, 0.2) is 23.1 Å². The van der Waals surface area contributed by atoms with E-state index in [1.54, 1.807) is 17.9 Å². The van der Waals surface area contributed by atoms with E-state index in [1.807, 2.05) is 0 Å². The van der Waals surface area contributed by atoms with Crippen LogP contribution < -0.4 is 14.8 Å². The zero-order valence-electron chi connectivity index (χ0n) is 17.7. The molecule has 1 amide bonds. The molecular weight excluding hydrogens is 408 g/mol. The van der Waals surface area contributed by atoms with Gasteiger partial charge in [-0.1, -0.05) is 0 Å². The molecule has 2 N–H and O–H groups in total. The minimum Gasteiger partial charge on any atom is -0.494 e. The zero-order chi connectivity index (χ0) is 22.3. The van der Waals surface area contributed by atoms with Crippen molar-refractivity contribution in [1.29, 1.82) is 0 Å². The minimum absolute atomic E-state index is 0.0440. The first-order valence-electron chi connectivity index (χ1n) is 9.81. The van der Waals surface area contributed by atoms with E-state index in [0.29, 0.717) is 36.3 Å². The van der Waals surface area contributed by atoms with E-state index in [9.17, 15) is 13.6 Å². The lowest BCUT2D eigenvalue weighted by atomic mass is 9.81. The van der Waals surface area contributed by atoms with Gasteiger partial charge < -0.3 is 14.8 Å². The summed E-state index contributed by atoms with van der Waals surface area (Å²) in [6.07, 6.45) is 3.00. The number of amides is 1. The molecule has 31 heavy (non-hydrogen) atoms. The fourth-order valence-corrected chi connectivity index (χ4v) is 4.21. The van der Waals surface area contributed by atoms with Crippen LogP contribution in [0.3, 0.4) is 0 Å². The Balaban J connectivity index is 1.72. The molecule has 10 heteroatoms. The highest BCUT2D eigenvalue weighted by molar-refractivity contribution is 5.93. The molecule has 0 aliphatic heterocycles. The topological polar surface area (TPSA) is 94.1 Å². The third-order valence-corrected chi connectivity index (χ3v) is 5.64. The van der Waals surface area contributed by atoms with Gasteiger partial charge in [0.1, 0.15) is 11.4 Å². The van der Waals surface area contributed by atoms with E-state index >= 15 is 0 Å². The predicted molar refractivity (Wildman–Crippen MR) is 109 cm³/mol. The molecule has 1 aliphatic carbocycles. The fourth-order valence-electron chi connectivity index (χ4n) is 4.21. The van der Waals surface area contributed by atoms with Crippen LogP contribution >= 0.6 is 0 Å². The Labute approximate surface area is 177 Å². The van der Waals surface area contributed by atoms with Gasteiger partial charge in [-0.2, -0.15) is 10.2 Å². The molecule has 1 atom stereocenters. The standard InChI is InChI=1S/C21H23F2N5O3/c1-10(29)25-14-9-24-28(2)21(14)20-12-6-5-11(7-13(12)26-27-20)17-18(22)15(30-3)8-16(31-4)19(17)23/h8-9,11H,5-7H2,1-4H3,(H,25,29)(H,26,27). The van der Waals surface area contributed by atoms with Crippen molar-refractivity contribution in [2.45, 2.75) is 32.1 Å². The third-order valence-electron chi connectivity index (χ3n) is 5.64. The maximum absolute atomic E-state index is 15.0. The number of hydrogen-bond acceptors (Lipinski definition) is 5. The number of aromatic amines is 1. The van der Waals surface area contributed by atoms with Crippen molar-refractivity contribution in [2.24, 2.45) is 7.05 Å². The summed E-state index contributed by atoms with van der Waals surface area (Å²) in [4.78, 5) is 11.5. The number of aryl methyl sites for hydroxylation is 1. The Bertz CT molecular complexity index is 1130. The molecule has 0 radical (unpaired) electrons. The number of nitrogens with one attached hydrogen (secondary N) is 2. The van der Waals surface area contributed by atoms with Gasteiger partial charge in [-0.25, -0.2) is 8.78 Å². The molecule has 1 aromatic carbocycles. The highest BCUT2D eigenvalue weighted by Gasteiger charge is 2.32. The summed E-state index contributed by atoms with van der Waals surface area (Å²) in [5.74, 6) is -2.16. The first-order chi connectivity index (χ1) is 14.8. The van der Waals surface area contributed by atoms with E-state index in [1.165, 1.54) is 27.2 Å². The van der Waals surface area contributed by atoms with E-state index in [2.05, 4.69) is 20.6 Å². The lowest BCUT2D eigenvalue weighted by molar-refractivity contribution is -0.114. The van der Waals surface area contributed by atoms with Crippen LogP contribution in [-0.4, -0.2) is 40.1 Å². The van der Waals surface area contributed by atoms with Gasteiger partial charge >= 0.3 is 0 Å². The lowest BCUT2D eigenvalue weighted by Crippen LogP contribution is -2.16. The smallest absolute Gasteiger partial charge is 0.221 e. The quantitative estimate of drug-likeness (QED) is 0.646. The zero-order valence-corrected chi connectivity index (χ0v) is 17.7. The van der Waals surface area contributed by atoms with Crippen LogP contribution in [-0.2, 0) is 24.7 Å². The average Bonchev–Trinajstić information content (AvgIpc) is 3.30. The number of fused-ring (bicyclic) bond motifs is 1. The van der Waals surface area contributed by atoms with Gasteiger partial charge in [-0.3, -0.25) is 14.6 Å². The molecule has 0 saturated carbocycles. The molecule has 2 aromatic heterocycles. The number of halogens is 2. The second-order valence-electron chi connectivity index (χ2n) is 7.50. The molecule has 164 valence electrons. The van der Waals surface area contributed by atoms with Crippen LogP contribution in [0.25, 0.3) is 11.4 Å². The Morgan fingerprint density at radius 2 is 1.94 bits per heavy atom. The molecular formula is C21H23F2N5O3. The molecule has 1 unspecified atom stereocenters. The lowest BCUT2D eigenvalue weighted by Gasteiger charge is -2.25. The summed E-state index contributed by atoms with van der Waals surface area (Å²) in [6.45, 7) is 1.42. The molecule has 8 nitrogen and oxygen atoms in total. The number of carbonyl (C=O) groups is 1. The summed E-state index contributed by atoms with van der Waals surface area (Å²) in [5, 5.41) is 14.4. The second-order valence-corrected chi connectivity index (χ2v) is 7.50. The van der Waals surface area contributed by atoms with Crippen molar-refractivity contribution in [3.63, 3.8) is 0 Å². The number of nitrogens with zero attached hydrogens (tertiary/aromatic N) is 3. The van der Waals surface area contributed by atoms with E-state index in [4.69, 9.17) is 9.47 Å². The Morgan fingerprint density at radius 3 is 2.55 bits per heavy atom. The first kappa shape index (κ1) is 20.8. The highest BCUT2D eigenvalue weighted by atomic mass is 19.1. The number of benzene rings is 1. The van der Waals surface area contributed by atoms with Crippen molar-refractivity contribution in [3.8, 4) is 22.9 Å². The van der Waals surface area contributed by atoms with Gasteiger partial charge in [0.2, 0.25) is 5.91 Å². The molecule has 3 aromatic rings. The van der Waals surface area contributed by atoms with Crippen molar-refractivity contribution in [1.82, 2.24) is 20.0 Å². The molecule has 0 fully saturated rings. The van der Waals surface area contributed by atoms with Crippen molar-refractivity contribution in [3.05, 3.63) is 40.7 Å². The summed E-state index contributed by atoms with van der Waals surface area (Å²) in [5.41, 5.74) is 3.59. The van der Waals surface area contributed by atoms with Crippen LogP contribution in [0, 0.1) is 11.6 Å². The number of anilines is 1. The monoisotopic (exact) mass is 431 g/mol. The second kappa shape index (κ2) is 8.01. The van der Waals surface area contributed by atoms with Crippen LogP contribution in [0.15, 0.2) is 12.3 Å². The molecule has 0 spiro atoms. The summed E-state index contributed by atoms with van der Waals surface area (Å²) in [6, 6.07) is 1.21. The van der Waals surface area contributed by atoms with Crippen molar-refractivity contribution in [2.75, 3.05) is 19.5 Å². The van der Waals surface area contributed by atoms with E-state index in [-0.39, 0.29) is 23.0 Å². The third kappa shape index (κ3) is 3.51. The van der Waals surface area contributed by atoms with Crippen LogP contribution in [0.5, 0.6) is 11.5 Å². The normalized spacial score (nSPS) is 15.5. The Hall–Kier alpha value is -3.43. The Kier molecular flexibility index (Phi) is 5.38. The van der Waals surface area contributed by atoms with Gasteiger partial charge in [0.25, 0.3) is 0 Å². The SMILES string of the molecule is COc1cc(OC)c(F)c(C2CCc3c(-c4c(NC(C)=O)cnn4C)n[nH]c3C2)c1F. The van der Waals surface area contributed by atoms with Gasteiger partial charge in [-0.05, 0) is 25.2 Å². The van der Waals surface area contributed by atoms with Crippen molar-refractivity contribution < 1.29 is 23.0 Å². The van der Waals surface area contributed by atoms with Crippen LogP contribution in [0.1, 0.15) is 36.1 Å². The largest absolute Gasteiger partial charge is 0.494 e. The first-order valence-corrected chi connectivity index (χ1v) is 9.81. The summed E-state index contributed by atoms with van der Waals surface area (Å²) in [7, 11) is 4.43. The van der Waals surface area contributed by atoms with Gasteiger partial charge in [0.05, 0.1) is 26.1 Å². The van der Waals surface area contributed by atoms with Crippen molar-refractivity contribution >= 4 is 11.6 Å². The van der Waals surface area contributed by atoms with Gasteiger partial charge in [0, 0.05) is 36.9 Å². The molecule has 0 saturated heterocycles. The predicted octanol–water partition coefficient (Wildman–Crippen LogP) is 3.34. The number of carbonyl (C=O) groups excluding carboxylic acids is 1. The summed E-state index contributed by atoms with van der Waals surface area (Å²) < 4.78 is 41.7. The average molecular weight is 431 g/mol. The Morgan fingerprint density at radius 1 is 1.26 bits per heavy atom. The minimum atomic E-state index is -0.714. The number of rotatable bonds is 5. The maximum Gasteiger partial charge on any atom is 0.221 e. The number of ether oxygens (including phenoxy) is 2. The van der Waals surface area contributed by atoms with Crippen LogP contribution in [0.2, 0.25) is 0 Å². The molecule has 0 bridgehead atoms. The highest BCUT2D eigenvalue weighted by Crippen LogP contribution is 2.42. The molecule has 2 heterocycles. The fraction of sp³-hybridized carbons (Fsp3) is 0.381. The number of H-pyrrole nitrogens is 1. The van der Waals surface area contributed by atoms with Crippen LogP contribution in [0.4, 0.5) is 14.5 Å². The molecule has 1 aliphatic rings.